The molecule has 0 aliphatic carbocycles. The van der Waals surface area contributed by atoms with Crippen LogP contribution in [0.15, 0.2) is 30.6 Å². The maximum absolute atomic E-state index is 13.9. The normalized spacial score (nSPS) is 19.8. The van der Waals surface area contributed by atoms with Crippen molar-refractivity contribution in [3.05, 3.63) is 36.4 Å². The third-order valence-electron chi connectivity index (χ3n) is 6.28. The Hall–Kier alpha value is -3.47. The number of anilines is 2. The zero-order chi connectivity index (χ0) is 22.9. The first-order chi connectivity index (χ1) is 16.0. The minimum absolute atomic E-state index is 0.0439. The molecule has 174 valence electrons. The van der Waals surface area contributed by atoms with Gasteiger partial charge in [0.2, 0.25) is 0 Å². The number of piperidine rings is 1. The van der Waals surface area contributed by atoms with Gasteiger partial charge in [0, 0.05) is 57.6 Å². The highest BCUT2D eigenvalue weighted by molar-refractivity contribution is 5.65. The van der Waals surface area contributed by atoms with Gasteiger partial charge in [-0.3, -0.25) is 4.40 Å². The Morgan fingerprint density at radius 1 is 1.18 bits per heavy atom. The van der Waals surface area contributed by atoms with E-state index in [-0.39, 0.29) is 11.9 Å². The quantitative estimate of drug-likeness (QED) is 0.619. The van der Waals surface area contributed by atoms with Gasteiger partial charge in [0.05, 0.1) is 6.20 Å². The molecule has 0 bridgehead atoms. The summed E-state index contributed by atoms with van der Waals surface area (Å²) in [6, 6.07) is 4.86. The molecule has 33 heavy (non-hydrogen) atoms. The molecule has 3 aromatic heterocycles. The number of imidazole rings is 1. The van der Waals surface area contributed by atoms with Crippen LogP contribution >= 0.6 is 0 Å². The molecule has 11 heteroatoms. The van der Waals surface area contributed by atoms with Gasteiger partial charge in [0.1, 0.15) is 28.8 Å². The Labute approximate surface area is 190 Å². The van der Waals surface area contributed by atoms with Crippen molar-refractivity contribution in [3.8, 4) is 11.5 Å². The lowest BCUT2D eigenvalue weighted by Gasteiger charge is -2.34. The van der Waals surface area contributed by atoms with Crippen LogP contribution in [-0.4, -0.2) is 92.7 Å². The summed E-state index contributed by atoms with van der Waals surface area (Å²) in [4.78, 5) is 31.2. The summed E-state index contributed by atoms with van der Waals surface area (Å²) in [6.07, 6.45) is 3.76. The highest BCUT2D eigenvalue weighted by Crippen LogP contribution is 2.26. The summed E-state index contributed by atoms with van der Waals surface area (Å²) in [6.45, 7) is 4.48. The van der Waals surface area contributed by atoms with E-state index in [1.54, 1.807) is 16.7 Å². The molecule has 0 spiro atoms. The third-order valence-corrected chi connectivity index (χ3v) is 6.28. The number of likely N-dealkylation sites (tertiary alicyclic amines) is 1. The van der Waals surface area contributed by atoms with Crippen LogP contribution < -0.4 is 10.2 Å². The van der Waals surface area contributed by atoms with Gasteiger partial charge in [-0.15, -0.1) is 0 Å². The molecule has 3 aromatic rings. The number of carboxylic acid groups (broad SMARTS) is 1. The molecule has 1 atom stereocenters. The van der Waals surface area contributed by atoms with Crippen LogP contribution in [0.4, 0.5) is 20.8 Å². The largest absolute Gasteiger partial charge is 0.465 e. The lowest BCUT2D eigenvalue weighted by molar-refractivity contribution is 0.133. The first kappa shape index (κ1) is 21.4. The van der Waals surface area contributed by atoms with Gasteiger partial charge in [0.15, 0.2) is 5.82 Å². The minimum atomic E-state index is -0.907. The van der Waals surface area contributed by atoms with Gasteiger partial charge < -0.3 is 25.1 Å². The lowest BCUT2D eigenvalue weighted by Crippen LogP contribution is -2.45. The van der Waals surface area contributed by atoms with Crippen molar-refractivity contribution in [3.63, 3.8) is 0 Å². The minimum Gasteiger partial charge on any atom is -0.465 e. The maximum Gasteiger partial charge on any atom is 0.407 e. The number of nitrogens with one attached hydrogen (secondary N) is 1. The van der Waals surface area contributed by atoms with Crippen LogP contribution in [0.25, 0.3) is 17.2 Å². The molecule has 2 saturated heterocycles. The van der Waals surface area contributed by atoms with E-state index in [9.17, 15) is 14.3 Å². The number of halogens is 1. The number of rotatable bonds is 4. The number of pyridine rings is 1. The van der Waals surface area contributed by atoms with Gasteiger partial charge in [0.25, 0.3) is 0 Å². The Morgan fingerprint density at radius 2 is 2.00 bits per heavy atom. The molecular formula is C22H27FN8O2. The predicted octanol–water partition coefficient (Wildman–Crippen LogP) is 2.24. The van der Waals surface area contributed by atoms with E-state index in [4.69, 9.17) is 9.97 Å². The second-order valence-electron chi connectivity index (χ2n) is 8.66. The zero-order valence-electron chi connectivity index (χ0n) is 18.5. The topological polar surface area (TPSA) is 102 Å². The Kier molecular flexibility index (Phi) is 5.71. The number of fused-ring (bicyclic) bond motifs is 1. The second kappa shape index (κ2) is 8.81. The van der Waals surface area contributed by atoms with Crippen LogP contribution in [0.1, 0.15) is 12.8 Å². The molecule has 2 aliphatic heterocycles. The van der Waals surface area contributed by atoms with E-state index in [1.807, 2.05) is 6.07 Å². The van der Waals surface area contributed by atoms with Crippen LogP contribution in [0.3, 0.4) is 0 Å². The highest BCUT2D eigenvalue weighted by Gasteiger charge is 2.25. The van der Waals surface area contributed by atoms with E-state index in [1.165, 1.54) is 17.2 Å². The number of likely N-dealkylation sites (N-methyl/N-ethyl adjacent to an activating group) is 1. The van der Waals surface area contributed by atoms with Crippen molar-refractivity contribution in [2.24, 2.45) is 0 Å². The van der Waals surface area contributed by atoms with Crippen molar-refractivity contribution < 1.29 is 14.3 Å². The first-order valence-electron chi connectivity index (χ1n) is 11.2. The summed E-state index contributed by atoms with van der Waals surface area (Å²) < 4.78 is 15.6. The number of piperazine rings is 1. The number of carbonyl (C=O) groups is 1. The Bertz CT molecular complexity index is 1160. The average molecular weight is 455 g/mol. The van der Waals surface area contributed by atoms with Gasteiger partial charge in [-0.05, 0) is 32.0 Å². The number of nitrogens with zero attached hydrogens (tertiary/aromatic N) is 7. The fraction of sp³-hybridized carbons (Fsp3) is 0.455. The van der Waals surface area contributed by atoms with Crippen molar-refractivity contribution in [2.45, 2.75) is 18.9 Å². The third kappa shape index (κ3) is 4.54. The SMILES string of the molecule is CN1CCN(c2cc(NC3CCCN(C(=O)O)C3)nc(-c3cnc4ccc(F)cn34)n2)CC1. The standard InChI is InChI=1S/C22H27FN8O2/c1-28-7-9-29(10-8-28)20-11-18(25-16-3-2-6-30(14-16)22(32)33)26-21(27-20)17-12-24-19-5-4-15(23)13-31(17)19/h4-5,11-13,16H,2-3,6-10,14H2,1H3,(H,32,33)(H,25,26,27). The molecule has 0 radical (unpaired) electrons. The van der Waals surface area contributed by atoms with Crippen molar-refractivity contribution in [2.75, 3.05) is 56.5 Å². The van der Waals surface area contributed by atoms with E-state index in [0.717, 1.165) is 44.8 Å². The van der Waals surface area contributed by atoms with Crippen molar-refractivity contribution >= 4 is 23.4 Å². The molecule has 1 amide bonds. The van der Waals surface area contributed by atoms with Crippen molar-refractivity contribution in [1.29, 1.82) is 0 Å². The Balaban J connectivity index is 1.50. The van der Waals surface area contributed by atoms with Crippen LogP contribution in [0.2, 0.25) is 0 Å². The monoisotopic (exact) mass is 454 g/mol. The molecule has 2 fully saturated rings. The number of amides is 1. The maximum atomic E-state index is 13.9. The molecule has 0 aromatic carbocycles. The number of aromatic nitrogens is 4. The van der Waals surface area contributed by atoms with E-state index in [0.29, 0.717) is 36.1 Å². The molecular weight excluding hydrogens is 427 g/mol. The van der Waals surface area contributed by atoms with Gasteiger partial charge in [-0.2, -0.15) is 0 Å². The highest BCUT2D eigenvalue weighted by atomic mass is 19.1. The van der Waals surface area contributed by atoms with Crippen LogP contribution in [0.5, 0.6) is 0 Å². The average Bonchev–Trinajstić information content (AvgIpc) is 3.22. The fourth-order valence-corrected chi connectivity index (χ4v) is 4.42. The first-order valence-corrected chi connectivity index (χ1v) is 11.2. The fourth-order valence-electron chi connectivity index (χ4n) is 4.42. The number of hydrogen-bond donors (Lipinski definition) is 2. The van der Waals surface area contributed by atoms with E-state index >= 15 is 0 Å². The zero-order valence-corrected chi connectivity index (χ0v) is 18.5. The predicted molar refractivity (Wildman–Crippen MR) is 122 cm³/mol. The van der Waals surface area contributed by atoms with Crippen molar-refractivity contribution in [1.82, 2.24) is 29.2 Å². The molecule has 5 heterocycles. The number of hydrogen-bond acceptors (Lipinski definition) is 7. The molecule has 2 aliphatic rings. The molecule has 2 N–H and O–H groups in total. The van der Waals surface area contributed by atoms with E-state index in [2.05, 4.69) is 27.1 Å². The van der Waals surface area contributed by atoms with Gasteiger partial charge in [-0.1, -0.05) is 0 Å². The summed E-state index contributed by atoms with van der Waals surface area (Å²) >= 11 is 0. The van der Waals surface area contributed by atoms with Crippen LogP contribution in [-0.2, 0) is 0 Å². The molecule has 1 unspecified atom stereocenters. The summed E-state index contributed by atoms with van der Waals surface area (Å²) in [7, 11) is 2.10. The molecule has 0 saturated carbocycles. The Morgan fingerprint density at radius 3 is 2.79 bits per heavy atom. The smallest absolute Gasteiger partial charge is 0.407 e. The van der Waals surface area contributed by atoms with E-state index < -0.39 is 6.09 Å². The summed E-state index contributed by atoms with van der Waals surface area (Å²) in [5, 5.41) is 12.8. The molecule has 10 nitrogen and oxygen atoms in total. The lowest BCUT2D eigenvalue weighted by atomic mass is 10.1. The summed E-state index contributed by atoms with van der Waals surface area (Å²) in [5.41, 5.74) is 1.21. The van der Waals surface area contributed by atoms with Crippen LogP contribution in [0, 0.1) is 5.82 Å². The van der Waals surface area contributed by atoms with Gasteiger partial charge >= 0.3 is 6.09 Å². The van der Waals surface area contributed by atoms with Gasteiger partial charge in [-0.25, -0.2) is 24.1 Å². The second-order valence-corrected chi connectivity index (χ2v) is 8.66. The summed E-state index contributed by atoms with van der Waals surface area (Å²) in [5.74, 6) is 1.48. The molecule has 5 rings (SSSR count).